The summed E-state index contributed by atoms with van der Waals surface area (Å²) in [6.45, 7) is 2.00. The average molecular weight is 195 g/mol. The van der Waals surface area contributed by atoms with Gasteiger partial charge in [-0.2, -0.15) is 0 Å². The van der Waals surface area contributed by atoms with Gasteiger partial charge in [-0.25, -0.2) is 0 Å². The van der Waals surface area contributed by atoms with Gasteiger partial charge in [-0.05, 0) is 24.1 Å². The van der Waals surface area contributed by atoms with Crippen molar-refractivity contribution >= 4 is 17.2 Å². The minimum absolute atomic E-state index is 0.518. The molecule has 0 aromatic heterocycles. The Balaban J connectivity index is 2.89. The number of thiocarbonyl (C=S) groups is 1. The van der Waals surface area contributed by atoms with E-state index in [2.05, 4.69) is 0 Å². The van der Waals surface area contributed by atoms with E-state index in [9.17, 15) is 0 Å². The molecule has 1 aromatic carbocycles. The highest BCUT2D eigenvalue weighted by Crippen LogP contribution is 2.18. The van der Waals surface area contributed by atoms with Crippen LogP contribution in [0.25, 0.3) is 0 Å². The van der Waals surface area contributed by atoms with Gasteiger partial charge in [-0.3, -0.25) is 0 Å². The molecule has 0 aliphatic heterocycles. The number of ether oxygens (including phenoxy) is 1. The van der Waals surface area contributed by atoms with E-state index in [0.717, 1.165) is 16.9 Å². The molecule has 0 fully saturated rings. The highest BCUT2D eigenvalue weighted by Gasteiger charge is 2.00. The minimum Gasteiger partial charge on any atom is -0.496 e. The van der Waals surface area contributed by atoms with E-state index in [-0.39, 0.29) is 0 Å². The predicted molar refractivity (Wildman–Crippen MR) is 58.2 cm³/mol. The van der Waals surface area contributed by atoms with E-state index < -0.39 is 0 Å². The zero-order chi connectivity index (χ0) is 9.84. The third-order valence-corrected chi connectivity index (χ3v) is 1.98. The average Bonchev–Trinajstić information content (AvgIpc) is 2.03. The van der Waals surface area contributed by atoms with Gasteiger partial charge in [0.15, 0.2) is 0 Å². The topological polar surface area (TPSA) is 35.2 Å². The molecule has 0 spiro atoms. The van der Waals surface area contributed by atoms with Crippen molar-refractivity contribution in [3.63, 3.8) is 0 Å². The van der Waals surface area contributed by atoms with Crippen LogP contribution < -0.4 is 10.5 Å². The zero-order valence-electron chi connectivity index (χ0n) is 7.83. The molecule has 0 heterocycles. The van der Waals surface area contributed by atoms with Crippen LogP contribution in [-0.4, -0.2) is 12.1 Å². The molecule has 1 rings (SSSR count). The summed E-state index contributed by atoms with van der Waals surface area (Å²) in [6, 6.07) is 5.95. The molecule has 0 aliphatic carbocycles. The fourth-order valence-corrected chi connectivity index (χ4v) is 1.42. The van der Waals surface area contributed by atoms with E-state index in [1.807, 2.05) is 25.1 Å². The van der Waals surface area contributed by atoms with Crippen molar-refractivity contribution in [3.8, 4) is 5.75 Å². The van der Waals surface area contributed by atoms with Crippen LogP contribution >= 0.6 is 12.2 Å². The summed E-state index contributed by atoms with van der Waals surface area (Å²) >= 11 is 4.83. The van der Waals surface area contributed by atoms with Crippen LogP contribution in [0.1, 0.15) is 11.1 Å². The van der Waals surface area contributed by atoms with Gasteiger partial charge in [-0.15, -0.1) is 0 Å². The largest absolute Gasteiger partial charge is 0.496 e. The first-order valence-corrected chi connectivity index (χ1v) is 4.46. The lowest BCUT2D eigenvalue weighted by Crippen LogP contribution is -2.11. The third kappa shape index (κ3) is 2.70. The minimum atomic E-state index is 0.518. The number of hydrogen-bond acceptors (Lipinski definition) is 2. The van der Waals surface area contributed by atoms with E-state index in [1.165, 1.54) is 0 Å². The van der Waals surface area contributed by atoms with Gasteiger partial charge < -0.3 is 10.5 Å². The molecule has 3 heteroatoms. The van der Waals surface area contributed by atoms with Crippen molar-refractivity contribution in [2.24, 2.45) is 5.73 Å². The number of methoxy groups -OCH3 is 1. The number of rotatable bonds is 3. The molecule has 1 aromatic rings. The van der Waals surface area contributed by atoms with Gasteiger partial charge in [0.25, 0.3) is 0 Å². The summed E-state index contributed by atoms with van der Waals surface area (Å²) in [5.41, 5.74) is 7.68. The molecule has 13 heavy (non-hydrogen) atoms. The molecule has 0 atom stereocenters. The molecule has 2 N–H and O–H groups in total. The van der Waals surface area contributed by atoms with Crippen molar-refractivity contribution < 1.29 is 4.74 Å². The first-order chi connectivity index (χ1) is 6.13. The Labute approximate surface area is 83.7 Å². The summed E-state index contributed by atoms with van der Waals surface area (Å²) in [5, 5.41) is 0. The molecule has 0 amide bonds. The van der Waals surface area contributed by atoms with E-state index in [1.54, 1.807) is 7.11 Å². The van der Waals surface area contributed by atoms with Gasteiger partial charge >= 0.3 is 0 Å². The Kier molecular flexibility index (Phi) is 3.25. The summed E-state index contributed by atoms with van der Waals surface area (Å²) in [6.07, 6.45) is 0.653. The molecule has 70 valence electrons. The second-order valence-electron chi connectivity index (χ2n) is 2.95. The highest BCUT2D eigenvalue weighted by atomic mass is 32.1. The normalized spacial score (nSPS) is 9.69. The zero-order valence-corrected chi connectivity index (χ0v) is 8.65. The van der Waals surface area contributed by atoms with Gasteiger partial charge in [0.2, 0.25) is 0 Å². The molecular formula is C10H13NOS. The fraction of sp³-hybridized carbons (Fsp3) is 0.300. The van der Waals surface area contributed by atoms with Crippen LogP contribution in [0.15, 0.2) is 18.2 Å². The van der Waals surface area contributed by atoms with Crippen LogP contribution in [-0.2, 0) is 6.42 Å². The molecule has 0 saturated heterocycles. The van der Waals surface area contributed by atoms with Gasteiger partial charge in [0.05, 0.1) is 12.1 Å². The van der Waals surface area contributed by atoms with Gasteiger partial charge in [-0.1, -0.05) is 24.4 Å². The van der Waals surface area contributed by atoms with Crippen LogP contribution in [0.2, 0.25) is 0 Å². The van der Waals surface area contributed by atoms with Crippen LogP contribution in [0.4, 0.5) is 0 Å². The Morgan fingerprint density at radius 3 is 2.69 bits per heavy atom. The maximum absolute atomic E-state index is 5.45. The molecule has 0 saturated carbocycles. The van der Waals surface area contributed by atoms with Crippen molar-refractivity contribution in [2.45, 2.75) is 13.3 Å². The van der Waals surface area contributed by atoms with E-state index >= 15 is 0 Å². The Morgan fingerprint density at radius 2 is 2.23 bits per heavy atom. The second kappa shape index (κ2) is 4.23. The number of hydrogen-bond donors (Lipinski definition) is 1. The lowest BCUT2D eigenvalue weighted by atomic mass is 10.1. The van der Waals surface area contributed by atoms with Crippen molar-refractivity contribution in [2.75, 3.05) is 7.11 Å². The van der Waals surface area contributed by atoms with Crippen LogP contribution in [0.5, 0.6) is 5.75 Å². The predicted octanol–water partition coefficient (Wildman–Crippen LogP) is 1.83. The standard InChI is InChI=1S/C10H13NOS/c1-7-5-8(6-10(11)13)3-4-9(7)12-2/h3-5H,6H2,1-2H3,(H2,11,13). The monoisotopic (exact) mass is 195 g/mol. The summed E-state index contributed by atoms with van der Waals surface area (Å²) in [7, 11) is 1.66. The lowest BCUT2D eigenvalue weighted by Gasteiger charge is -2.06. The van der Waals surface area contributed by atoms with Crippen LogP contribution in [0.3, 0.4) is 0 Å². The highest BCUT2D eigenvalue weighted by molar-refractivity contribution is 7.80. The molecule has 2 nitrogen and oxygen atoms in total. The van der Waals surface area contributed by atoms with Gasteiger partial charge in [0, 0.05) is 6.42 Å². The molecule has 0 radical (unpaired) electrons. The Morgan fingerprint density at radius 1 is 1.54 bits per heavy atom. The SMILES string of the molecule is COc1ccc(CC(N)=S)cc1C. The first-order valence-electron chi connectivity index (χ1n) is 4.05. The van der Waals surface area contributed by atoms with E-state index in [0.29, 0.717) is 11.4 Å². The maximum atomic E-state index is 5.45. The van der Waals surface area contributed by atoms with E-state index in [4.69, 9.17) is 22.7 Å². The van der Waals surface area contributed by atoms with Crippen molar-refractivity contribution in [1.29, 1.82) is 0 Å². The van der Waals surface area contributed by atoms with Gasteiger partial charge in [0.1, 0.15) is 5.75 Å². The first kappa shape index (κ1) is 9.99. The smallest absolute Gasteiger partial charge is 0.121 e. The Hall–Kier alpha value is -1.09. The molecule has 0 bridgehead atoms. The molecule has 0 unspecified atom stereocenters. The summed E-state index contributed by atoms with van der Waals surface area (Å²) in [5.74, 6) is 0.895. The van der Waals surface area contributed by atoms with Crippen LogP contribution in [0, 0.1) is 6.92 Å². The quantitative estimate of drug-likeness (QED) is 0.747. The fourth-order valence-electron chi connectivity index (χ4n) is 1.25. The number of nitrogens with two attached hydrogens (primary N) is 1. The molecule has 0 aliphatic rings. The third-order valence-electron chi connectivity index (χ3n) is 1.84. The maximum Gasteiger partial charge on any atom is 0.121 e. The van der Waals surface area contributed by atoms with Crippen molar-refractivity contribution in [3.05, 3.63) is 29.3 Å². The summed E-state index contributed by atoms with van der Waals surface area (Å²) < 4.78 is 5.14. The Bertz CT molecular complexity index is 323. The van der Waals surface area contributed by atoms with Crippen molar-refractivity contribution in [1.82, 2.24) is 0 Å². The second-order valence-corrected chi connectivity index (χ2v) is 3.47. The number of benzene rings is 1. The summed E-state index contributed by atoms with van der Waals surface area (Å²) in [4.78, 5) is 0.518. The lowest BCUT2D eigenvalue weighted by molar-refractivity contribution is 0.411. The number of aryl methyl sites for hydroxylation is 1. The molecular weight excluding hydrogens is 182 g/mol.